The Hall–Kier alpha value is -2.93. The number of hydrogen-bond acceptors (Lipinski definition) is 6. The summed E-state index contributed by atoms with van der Waals surface area (Å²) in [6, 6.07) is 14.5. The number of ether oxygens (including phenoxy) is 2. The molecule has 2 aromatic carbocycles. The summed E-state index contributed by atoms with van der Waals surface area (Å²) in [7, 11) is 3.22. The van der Waals surface area contributed by atoms with E-state index in [4.69, 9.17) is 14.5 Å². The molecule has 0 saturated carbocycles. The molecule has 31 heavy (non-hydrogen) atoms. The average molecular weight is 440 g/mol. The first-order valence-corrected chi connectivity index (χ1v) is 11.2. The Labute approximate surface area is 188 Å². The number of hydrogen-bond donors (Lipinski definition) is 2. The van der Waals surface area contributed by atoms with Crippen LogP contribution in [0.4, 0.5) is 5.69 Å². The zero-order valence-electron chi connectivity index (χ0n) is 18.6. The van der Waals surface area contributed by atoms with Crippen molar-refractivity contribution in [1.29, 1.82) is 0 Å². The van der Waals surface area contributed by atoms with Crippen LogP contribution in [0.2, 0.25) is 0 Å². The molecule has 1 heterocycles. The number of nitrogens with one attached hydrogen (secondary N) is 2. The molecule has 2 N–H and O–H groups in total. The lowest BCUT2D eigenvalue weighted by molar-refractivity contribution is -0.113. The third-order valence-corrected chi connectivity index (χ3v) is 6.10. The zero-order valence-corrected chi connectivity index (χ0v) is 19.4. The van der Waals surface area contributed by atoms with Crippen LogP contribution in [-0.4, -0.2) is 31.0 Å². The van der Waals surface area contributed by atoms with Crippen LogP contribution in [0.25, 0.3) is 0 Å². The van der Waals surface area contributed by atoms with Gasteiger partial charge in [0.1, 0.15) is 17.5 Å². The van der Waals surface area contributed by atoms with E-state index in [0.717, 1.165) is 27.9 Å². The van der Waals surface area contributed by atoms with E-state index in [1.165, 1.54) is 0 Å². The van der Waals surface area contributed by atoms with Gasteiger partial charge in [0, 0.05) is 28.8 Å². The molecule has 0 aliphatic carbocycles. The molecule has 0 saturated heterocycles. The van der Waals surface area contributed by atoms with Gasteiger partial charge in [-0.25, -0.2) is 4.99 Å². The number of carbonyl (C=O) groups is 1. The predicted octanol–water partition coefficient (Wildman–Crippen LogP) is 5.01. The number of para-hydroxylation sites is 1. The summed E-state index contributed by atoms with van der Waals surface area (Å²) < 4.78 is 11.0. The number of allylic oxidation sites excluding steroid dienone is 1. The standard InChI is InChI=1S/C24H29N3O3S/c1-15(2)14-31-24-25-16(3)21(23(28)26-17-9-7-6-8-10-17)22(27-24)19-12-11-18(29-4)13-20(19)30-5/h6-13,15,22H,14H2,1-5H3,(H,25,27)(H,26,28)/t22-/m1/s1. The number of amidine groups is 1. The number of nitrogens with zero attached hydrogens (tertiary/aromatic N) is 1. The predicted molar refractivity (Wildman–Crippen MR) is 128 cm³/mol. The smallest absolute Gasteiger partial charge is 0.255 e. The summed E-state index contributed by atoms with van der Waals surface area (Å²) >= 11 is 1.65. The van der Waals surface area contributed by atoms with Gasteiger partial charge in [-0.2, -0.15) is 0 Å². The van der Waals surface area contributed by atoms with Crippen LogP contribution in [0.3, 0.4) is 0 Å². The minimum Gasteiger partial charge on any atom is -0.497 e. The molecule has 0 radical (unpaired) electrons. The van der Waals surface area contributed by atoms with Crippen molar-refractivity contribution in [2.75, 3.05) is 25.3 Å². The lowest BCUT2D eigenvalue weighted by Crippen LogP contribution is -2.32. The molecular formula is C24H29N3O3S. The first-order chi connectivity index (χ1) is 14.9. The molecule has 6 nitrogen and oxygen atoms in total. The summed E-state index contributed by atoms with van der Waals surface area (Å²) in [6.45, 7) is 6.25. The highest BCUT2D eigenvalue weighted by Gasteiger charge is 2.31. The lowest BCUT2D eigenvalue weighted by Gasteiger charge is -2.27. The number of thioether (sulfide) groups is 1. The van der Waals surface area contributed by atoms with Crippen molar-refractivity contribution in [3.8, 4) is 11.5 Å². The van der Waals surface area contributed by atoms with Crippen molar-refractivity contribution in [2.24, 2.45) is 10.9 Å². The highest BCUT2D eigenvalue weighted by atomic mass is 32.2. The minimum atomic E-state index is -0.500. The van der Waals surface area contributed by atoms with Gasteiger partial charge in [0.05, 0.1) is 19.8 Å². The maximum Gasteiger partial charge on any atom is 0.255 e. The Kier molecular flexibility index (Phi) is 7.63. The first kappa shape index (κ1) is 22.7. The third-order valence-electron chi connectivity index (χ3n) is 4.78. The van der Waals surface area contributed by atoms with E-state index >= 15 is 0 Å². The maximum atomic E-state index is 13.3. The summed E-state index contributed by atoms with van der Waals surface area (Å²) in [6.07, 6.45) is 0. The van der Waals surface area contributed by atoms with Gasteiger partial charge in [0.15, 0.2) is 5.17 Å². The van der Waals surface area contributed by atoms with Gasteiger partial charge in [-0.15, -0.1) is 0 Å². The lowest BCUT2D eigenvalue weighted by atomic mass is 9.95. The molecule has 1 aliphatic rings. The number of carbonyl (C=O) groups excluding carboxylic acids is 1. The zero-order chi connectivity index (χ0) is 22.4. The van der Waals surface area contributed by atoms with Crippen molar-refractivity contribution in [3.05, 3.63) is 65.4 Å². The molecule has 1 amide bonds. The van der Waals surface area contributed by atoms with E-state index in [0.29, 0.717) is 23.0 Å². The van der Waals surface area contributed by atoms with Gasteiger partial charge in [-0.1, -0.05) is 43.8 Å². The molecule has 0 bridgehead atoms. The molecule has 1 aliphatic heterocycles. The highest BCUT2D eigenvalue weighted by molar-refractivity contribution is 8.13. The topological polar surface area (TPSA) is 72.0 Å². The fourth-order valence-electron chi connectivity index (χ4n) is 3.25. The highest BCUT2D eigenvalue weighted by Crippen LogP contribution is 2.39. The van der Waals surface area contributed by atoms with Crippen LogP contribution in [0.1, 0.15) is 32.4 Å². The van der Waals surface area contributed by atoms with Crippen molar-refractivity contribution in [3.63, 3.8) is 0 Å². The van der Waals surface area contributed by atoms with E-state index < -0.39 is 6.04 Å². The fraction of sp³-hybridized carbons (Fsp3) is 0.333. The number of benzene rings is 2. The molecule has 7 heteroatoms. The second-order valence-electron chi connectivity index (χ2n) is 7.63. The second-order valence-corrected chi connectivity index (χ2v) is 8.64. The Bertz CT molecular complexity index is 987. The van der Waals surface area contributed by atoms with E-state index in [1.54, 1.807) is 26.0 Å². The summed E-state index contributed by atoms with van der Waals surface area (Å²) in [5.74, 6) is 2.56. The molecule has 3 rings (SSSR count). The quantitative estimate of drug-likeness (QED) is 0.635. The molecule has 0 spiro atoms. The molecular weight excluding hydrogens is 410 g/mol. The van der Waals surface area contributed by atoms with Crippen LogP contribution < -0.4 is 20.1 Å². The number of methoxy groups -OCH3 is 2. The summed E-state index contributed by atoms with van der Waals surface area (Å²) in [4.78, 5) is 18.2. The maximum absolute atomic E-state index is 13.3. The van der Waals surface area contributed by atoms with Gasteiger partial charge in [-0.3, -0.25) is 4.79 Å². The van der Waals surface area contributed by atoms with E-state index in [2.05, 4.69) is 24.5 Å². The average Bonchev–Trinajstić information content (AvgIpc) is 2.77. The Balaban J connectivity index is 2.01. The van der Waals surface area contributed by atoms with Crippen molar-refractivity contribution in [2.45, 2.75) is 26.8 Å². The number of anilines is 1. The monoisotopic (exact) mass is 439 g/mol. The van der Waals surface area contributed by atoms with Crippen LogP contribution in [0, 0.1) is 5.92 Å². The van der Waals surface area contributed by atoms with E-state index in [-0.39, 0.29) is 5.91 Å². The third kappa shape index (κ3) is 5.61. The molecule has 0 fully saturated rings. The normalized spacial score (nSPS) is 15.9. The van der Waals surface area contributed by atoms with Crippen LogP contribution >= 0.6 is 11.8 Å². The molecule has 0 unspecified atom stereocenters. The van der Waals surface area contributed by atoms with Gasteiger partial charge in [0.2, 0.25) is 0 Å². The summed E-state index contributed by atoms with van der Waals surface area (Å²) in [5.41, 5.74) is 2.88. The van der Waals surface area contributed by atoms with Gasteiger partial charge in [-0.05, 0) is 37.1 Å². The SMILES string of the molecule is COc1ccc([C@H]2N=C(SCC(C)C)NC(C)=C2C(=O)Nc2ccccc2)c(OC)c1. The van der Waals surface area contributed by atoms with Gasteiger partial charge in [0.25, 0.3) is 5.91 Å². The van der Waals surface area contributed by atoms with E-state index in [9.17, 15) is 4.79 Å². The first-order valence-electron chi connectivity index (χ1n) is 10.2. The largest absolute Gasteiger partial charge is 0.497 e. The van der Waals surface area contributed by atoms with Gasteiger partial charge >= 0.3 is 0 Å². The molecule has 2 aromatic rings. The Morgan fingerprint density at radius 2 is 1.90 bits per heavy atom. The van der Waals surface area contributed by atoms with Crippen molar-refractivity contribution in [1.82, 2.24) is 5.32 Å². The molecule has 1 atom stereocenters. The minimum absolute atomic E-state index is 0.198. The van der Waals surface area contributed by atoms with Crippen molar-refractivity contribution < 1.29 is 14.3 Å². The Morgan fingerprint density at radius 3 is 2.55 bits per heavy atom. The number of aliphatic imine (C=N–C) groups is 1. The fourth-order valence-corrected chi connectivity index (χ4v) is 4.15. The molecule has 0 aromatic heterocycles. The van der Waals surface area contributed by atoms with Crippen molar-refractivity contribution >= 4 is 28.5 Å². The summed E-state index contributed by atoms with van der Waals surface area (Å²) in [5, 5.41) is 7.10. The second kappa shape index (κ2) is 10.4. The Morgan fingerprint density at radius 1 is 1.16 bits per heavy atom. The number of amides is 1. The van der Waals surface area contributed by atoms with Crippen LogP contribution in [0.5, 0.6) is 11.5 Å². The van der Waals surface area contributed by atoms with Crippen LogP contribution in [-0.2, 0) is 4.79 Å². The van der Waals surface area contributed by atoms with Gasteiger partial charge < -0.3 is 20.1 Å². The molecule has 164 valence electrons. The number of rotatable bonds is 7. The van der Waals surface area contributed by atoms with Crippen LogP contribution in [0.15, 0.2) is 64.8 Å². The van der Waals surface area contributed by atoms with E-state index in [1.807, 2.05) is 55.5 Å².